The van der Waals surface area contributed by atoms with Crippen LogP contribution in [0.15, 0.2) is 47.4 Å². The summed E-state index contributed by atoms with van der Waals surface area (Å²) in [6.45, 7) is 8.72. The summed E-state index contributed by atoms with van der Waals surface area (Å²) >= 11 is 0. The van der Waals surface area contributed by atoms with Gasteiger partial charge in [0, 0.05) is 18.8 Å². The number of aromatic nitrogens is 1. The number of hydrogen-bond donors (Lipinski definition) is 1. The largest absolute Gasteiger partial charge is 0.478 e. The zero-order valence-corrected chi connectivity index (χ0v) is 16.0. The maximum Gasteiger partial charge on any atom is 0.258 e. The van der Waals surface area contributed by atoms with Crippen LogP contribution in [-0.2, 0) is 11.3 Å². The summed E-state index contributed by atoms with van der Waals surface area (Å²) in [5, 5.41) is 2.89. The number of hydrogen-bond acceptors (Lipinski definition) is 3. The van der Waals surface area contributed by atoms with E-state index in [2.05, 4.69) is 19.2 Å². The molecule has 5 heteroatoms. The van der Waals surface area contributed by atoms with Gasteiger partial charge in [0.2, 0.25) is 5.43 Å². The van der Waals surface area contributed by atoms with Gasteiger partial charge in [0.25, 0.3) is 5.91 Å². The van der Waals surface area contributed by atoms with Gasteiger partial charge in [0.1, 0.15) is 0 Å². The van der Waals surface area contributed by atoms with E-state index in [0.29, 0.717) is 5.92 Å². The number of rotatable bonds is 8. The Bertz CT molecular complexity index is 782. The van der Waals surface area contributed by atoms with Crippen LogP contribution in [0.3, 0.4) is 0 Å². The third-order valence-corrected chi connectivity index (χ3v) is 4.36. The van der Waals surface area contributed by atoms with Gasteiger partial charge >= 0.3 is 0 Å². The van der Waals surface area contributed by atoms with Crippen LogP contribution in [0.4, 0.5) is 0 Å². The average Bonchev–Trinajstić information content (AvgIpc) is 2.61. The molecule has 0 aliphatic rings. The molecule has 1 amide bonds. The standard InChI is InChI=1S/C21H28N2O3/c1-15(2)10-12-23-13-11-19(24)21(17(23)4)26-14-20(25)22-16(3)18-8-6-5-7-9-18/h5-9,11,13,15-16H,10,12,14H2,1-4H3,(H,22,25). The van der Waals surface area contributed by atoms with Crippen molar-refractivity contribution >= 4 is 5.91 Å². The first-order chi connectivity index (χ1) is 12.4. The molecule has 0 radical (unpaired) electrons. The Morgan fingerprint density at radius 3 is 2.50 bits per heavy atom. The number of amides is 1. The third kappa shape index (κ3) is 5.48. The molecule has 0 saturated carbocycles. The molecule has 1 atom stereocenters. The minimum absolute atomic E-state index is 0.119. The molecule has 0 fully saturated rings. The Labute approximate surface area is 155 Å². The van der Waals surface area contributed by atoms with E-state index in [1.165, 1.54) is 6.07 Å². The van der Waals surface area contributed by atoms with Crippen molar-refractivity contribution in [1.82, 2.24) is 9.88 Å². The van der Waals surface area contributed by atoms with Crippen LogP contribution in [0, 0.1) is 12.8 Å². The van der Waals surface area contributed by atoms with Crippen LogP contribution in [0.25, 0.3) is 0 Å². The number of ether oxygens (including phenoxy) is 1. The van der Waals surface area contributed by atoms with Gasteiger partial charge < -0.3 is 14.6 Å². The van der Waals surface area contributed by atoms with Crippen LogP contribution >= 0.6 is 0 Å². The fourth-order valence-electron chi connectivity index (χ4n) is 2.71. The Balaban J connectivity index is 1.99. The van der Waals surface area contributed by atoms with Gasteiger partial charge in [-0.1, -0.05) is 44.2 Å². The summed E-state index contributed by atoms with van der Waals surface area (Å²) in [4.78, 5) is 24.3. The number of nitrogens with one attached hydrogen (secondary N) is 1. The Morgan fingerprint density at radius 2 is 1.85 bits per heavy atom. The fourth-order valence-corrected chi connectivity index (χ4v) is 2.71. The smallest absolute Gasteiger partial charge is 0.258 e. The van der Waals surface area contributed by atoms with Crippen molar-refractivity contribution in [2.75, 3.05) is 6.61 Å². The average molecular weight is 356 g/mol. The van der Waals surface area contributed by atoms with E-state index >= 15 is 0 Å². The Morgan fingerprint density at radius 1 is 1.15 bits per heavy atom. The highest BCUT2D eigenvalue weighted by Gasteiger charge is 2.13. The molecular weight excluding hydrogens is 328 g/mol. The van der Waals surface area contributed by atoms with Gasteiger partial charge in [-0.25, -0.2) is 0 Å². The highest BCUT2D eigenvalue weighted by Crippen LogP contribution is 2.14. The lowest BCUT2D eigenvalue weighted by molar-refractivity contribution is -0.123. The summed E-state index contributed by atoms with van der Waals surface area (Å²) in [7, 11) is 0. The van der Waals surface area contributed by atoms with E-state index in [1.54, 1.807) is 6.20 Å². The lowest BCUT2D eigenvalue weighted by atomic mass is 10.1. The summed E-state index contributed by atoms with van der Waals surface area (Å²) in [5.41, 5.74) is 1.57. The molecule has 0 saturated heterocycles. The van der Waals surface area contributed by atoms with Crippen LogP contribution in [0.5, 0.6) is 5.75 Å². The molecule has 5 nitrogen and oxygen atoms in total. The number of aryl methyl sites for hydroxylation is 1. The molecular formula is C21H28N2O3. The number of nitrogens with zero attached hydrogens (tertiary/aromatic N) is 1. The van der Waals surface area contributed by atoms with Crippen molar-refractivity contribution in [2.45, 2.75) is 46.7 Å². The zero-order chi connectivity index (χ0) is 19.1. The number of pyridine rings is 1. The second-order valence-corrected chi connectivity index (χ2v) is 6.96. The molecule has 1 N–H and O–H groups in total. The van der Waals surface area contributed by atoms with Crippen molar-refractivity contribution < 1.29 is 9.53 Å². The SMILES string of the molecule is Cc1c(OCC(=O)NC(C)c2ccccc2)c(=O)ccn1CCC(C)C. The second-order valence-electron chi connectivity index (χ2n) is 6.96. The normalized spacial score (nSPS) is 12.0. The molecule has 0 aliphatic heterocycles. The lowest BCUT2D eigenvalue weighted by Gasteiger charge is -2.17. The first-order valence-electron chi connectivity index (χ1n) is 9.05. The summed E-state index contributed by atoms with van der Waals surface area (Å²) in [6.07, 6.45) is 2.79. The maximum atomic E-state index is 12.2. The van der Waals surface area contributed by atoms with Crippen molar-refractivity contribution in [3.8, 4) is 5.75 Å². The highest BCUT2D eigenvalue weighted by molar-refractivity contribution is 5.78. The van der Waals surface area contributed by atoms with Gasteiger partial charge in [-0.3, -0.25) is 9.59 Å². The molecule has 0 bridgehead atoms. The van der Waals surface area contributed by atoms with Gasteiger partial charge in [-0.15, -0.1) is 0 Å². The van der Waals surface area contributed by atoms with Crippen LogP contribution in [-0.4, -0.2) is 17.1 Å². The van der Waals surface area contributed by atoms with Gasteiger partial charge in [0.15, 0.2) is 12.4 Å². The predicted octanol–water partition coefficient (Wildman–Crippen LogP) is 3.46. The number of carbonyl (C=O) groups excluding carboxylic acids is 1. The van der Waals surface area contributed by atoms with Crippen molar-refractivity contribution in [3.05, 3.63) is 64.1 Å². The monoisotopic (exact) mass is 356 g/mol. The highest BCUT2D eigenvalue weighted by atomic mass is 16.5. The van der Waals surface area contributed by atoms with Gasteiger partial charge in [0.05, 0.1) is 11.7 Å². The van der Waals surface area contributed by atoms with Gasteiger partial charge in [-0.05, 0) is 31.7 Å². The summed E-state index contributed by atoms with van der Waals surface area (Å²) in [5.74, 6) is 0.569. The van der Waals surface area contributed by atoms with E-state index in [1.807, 2.05) is 48.7 Å². The van der Waals surface area contributed by atoms with E-state index in [9.17, 15) is 9.59 Å². The maximum absolute atomic E-state index is 12.2. The Kier molecular flexibility index (Phi) is 7.01. The predicted molar refractivity (Wildman–Crippen MR) is 103 cm³/mol. The van der Waals surface area contributed by atoms with E-state index < -0.39 is 0 Å². The molecule has 0 aliphatic carbocycles. The Hall–Kier alpha value is -2.56. The molecule has 26 heavy (non-hydrogen) atoms. The molecule has 1 aromatic carbocycles. The molecule has 1 unspecified atom stereocenters. The van der Waals surface area contributed by atoms with Crippen LogP contribution in [0.1, 0.15) is 44.5 Å². The van der Waals surface area contributed by atoms with Crippen LogP contribution < -0.4 is 15.5 Å². The third-order valence-electron chi connectivity index (χ3n) is 4.36. The minimum Gasteiger partial charge on any atom is -0.478 e. The van der Waals surface area contributed by atoms with Crippen molar-refractivity contribution in [2.24, 2.45) is 5.92 Å². The van der Waals surface area contributed by atoms with E-state index in [-0.39, 0.29) is 29.7 Å². The van der Waals surface area contributed by atoms with Crippen LogP contribution in [0.2, 0.25) is 0 Å². The molecule has 1 heterocycles. The lowest BCUT2D eigenvalue weighted by Crippen LogP contribution is -2.32. The molecule has 140 valence electrons. The molecule has 0 spiro atoms. The fraction of sp³-hybridized carbons (Fsp3) is 0.429. The molecule has 2 rings (SSSR count). The number of benzene rings is 1. The first-order valence-corrected chi connectivity index (χ1v) is 9.05. The second kappa shape index (κ2) is 9.22. The van der Waals surface area contributed by atoms with E-state index in [4.69, 9.17) is 4.74 Å². The quantitative estimate of drug-likeness (QED) is 0.788. The molecule has 2 aromatic rings. The van der Waals surface area contributed by atoms with E-state index in [0.717, 1.165) is 24.2 Å². The summed E-state index contributed by atoms with van der Waals surface area (Å²) < 4.78 is 7.57. The topological polar surface area (TPSA) is 60.3 Å². The van der Waals surface area contributed by atoms with Gasteiger partial charge in [-0.2, -0.15) is 0 Å². The van der Waals surface area contributed by atoms with Crippen molar-refractivity contribution in [3.63, 3.8) is 0 Å². The number of carbonyl (C=O) groups is 1. The zero-order valence-electron chi connectivity index (χ0n) is 16.0. The van der Waals surface area contributed by atoms with Crippen molar-refractivity contribution in [1.29, 1.82) is 0 Å². The molecule has 1 aromatic heterocycles. The first kappa shape index (κ1) is 19.8. The minimum atomic E-state index is -0.252. The summed E-state index contributed by atoms with van der Waals surface area (Å²) in [6, 6.07) is 11.1.